The Bertz CT molecular complexity index is 456. The van der Waals surface area contributed by atoms with Gasteiger partial charge in [-0.15, -0.1) is 0 Å². The van der Waals surface area contributed by atoms with E-state index in [0.717, 1.165) is 0 Å². The molecule has 0 atom stereocenters. The smallest absolute Gasteiger partial charge is 0.335 e. The van der Waals surface area contributed by atoms with Gasteiger partial charge in [0.25, 0.3) is 0 Å². The number of nitrogens with one attached hydrogen (secondary N) is 1. The molecule has 0 aliphatic rings. The van der Waals surface area contributed by atoms with Gasteiger partial charge in [0, 0.05) is 0 Å². The molecule has 4 heteroatoms. The molecule has 0 aliphatic heterocycles. The van der Waals surface area contributed by atoms with Crippen LogP contribution >= 0.6 is 0 Å². The lowest BCUT2D eigenvalue weighted by Gasteiger charge is -1.86. The Kier molecular flexibility index (Phi) is 2.32. The van der Waals surface area contributed by atoms with Gasteiger partial charge in [-0.2, -0.15) is 0 Å². The molecule has 0 spiro atoms. The van der Waals surface area contributed by atoms with Crippen molar-refractivity contribution in [2.45, 2.75) is 6.92 Å². The van der Waals surface area contributed by atoms with Crippen molar-refractivity contribution < 1.29 is 9.90 Å². The minimum Gasteiger partial charge on any atom is -0.478 e. The van der Waals surface area contributed by atoms with Crippen LogP contribution in [0.3, 0.4) is 0 Å². The summed E-state index contributed by atoms with van der Waals surface area (Å²) >= 11 is 0. The van der Waals surface area contributed by atoms with Crippen molar-refractivity contribution in [1.82, 2.24) is 9.97 Å². The highest BCUT2D eigenvalue weighted by Crippen LogP contribution is 1.89. The van der Waals surface area contributed by atoms with Gasteiger partial charge in [0.05, 0.1) is 16.3 Å². The molecule has 4 nitrogen and oxygen atoms in total. The normalized spacial score (nSPS) is 11.6. The molecule has 1 aromatic heterocycles. The van der Waals surface area contributed by atoms with Crippen LogP contribution in [0.5, 0.6) is 0 Å². The lowest BCUT2D eigenvalue weighted by Crippen LogP contribution is -2.23. The van der Waals surface area contributed by atoms with Crippen LogP contribution < -0.4 is 10.7 Å². The highest BCUT2D eigenvalue weighted by Gasteiger charge is 1.99. The molecule has 1 aromatic rings. The summed E-state index contributed by atoms with van der Waals surface area (Å²) in [6, 6.07) is 0. The molecule has 0 radical (unpaired) electrons. The van der Waals surface area contributed by atoms with E-state index in [0.29, 0.717) is 16.5 Å². The third-order valence-electron chi connectivity index (χ3n) is 1.51. The van der Waals surface area contributed by atoms with Crippen LogP contribution in [0, 0.1) is 6.92 Å². The fourth-order valence-corrected chi connectivity index (χ4v) is 0.905. The van der Waals surface area contributed by atoms with Crippen LogP contribution in [-0.2, 0) is 4.79 Å². The molecule has 2 N–H and O–H groups in total. The average Bonchev–Trinajstić information content (AvgIpc) is 2.30. The molecule has 1 heterocycles. The second kappa shape index (κ2) is 3.26. The number of aromatic nitrogens is 2. The molecular weight excluding hydrogens is 168 g/mol. The molecule has 0 unspecified atom stereocenters. The van der Waals surface area contributed by atoms with Gasteiger partial charge in [-0.25, -0.2) is 9.78 Å². The molecule has 0 fully saturated rings. The zero-order chi connectivity index (χ0) is 10.0. The Morgan fingerprint density at radius 3 is 2.69 bits per heavy atom. The first kappa shape index (κ1) is 9.25. The maximum absolute atomic E-state index is 10.4. The second-order valence-electron chi connectivity index (χ2n) is 2.66. The number of H-pyrrole nitrogens is 1. The van der Waals surface area contributed by atoms with Gasteiger partial charge < -0.3 is 10.1 Å². The number of carbonyl (C=O) groups is 1. The lowest BCUT2D eigenvalue weighted by molar-refractivity contribution is -0.132. The number of nitrogens with zero attached hydrogens (tertiary/aromatic N) is 1. The zero-order valence-electron chi connectivity index (χ0n) is 7.29. The standard InChI is InChI=1S/C9H10N2O2/c1-5(9(12)13)4-8-6(2)10-7(3)11-8/h4H,1-2H2,3H3,(H,10,11)(H,12,13)/b8-4+. The van der Waals surface area contributed by atoms with E-state index in [1.54, 1.807) is 6.92 Å². The molecule has 13 heavy (non-hydrogen) atoms. The Balaban J connectivity index is 3.22. The number of aromatic amines is 1. The summed E-state index contributed by atoms with van der Waals surface area (Å²) in [6.45, 7) is 8.81. The highest BCUT2D eigenvalue weighted by molar-refractivity contribution is 5.95. The molecule has 0 aromatic carbocycles. The SMILES string of the molecule is C=C(/C=c1/nc(C)[nH]c1=C)C(=O)O. The van der Waals surface area contributed by atoms with E-state index in [1.165, 1.54) is 6.08 Å². The number of imidazole rings is 1. The highest BCUT2D eigenvalue weighted by atomic mass is 16.4. The maximum Gasteiger partial charge on any atom is 0.335 e. The van der Waals surface area contributed by atoms with E-state index < -0.39 is 5.97 Å². The quantitative estimate of drug-likeness (QED) is 0.603. The van der Waals surface area contributed by atoms with Gasteiger partial charge in [0.2, 0.25) is 0 Å². The fraction of sp³-hybridized carbons (Fsp3) is 0.111. The predicted octanol–water partition coefficient (Wildman–Crippen LogP) is -0.450. The third kappa shape index (κ3) is 2.05. The van der Waals surface area contributed by atoms with Crippen LogP contribution in [0.1, 0.15) is 5.82 Å². The molecule has 0 amide bonds. The molecule has 0 bridgehead atoms. The topological polar surface area (TPSA) is 66.0 Å². The number of hydrogen-bond acceptors (Lipinski definition) is 2. The Morgan fingerprint density at radius 2 is 2.31 bits per heavy atom. The van der Waals surface area contributed by atoms with Crippen LogP contribution in [-0.4, -0.2) is 21.0 Å². The second-order valence-corrected chi connectivity index (χ2v) is 2.66. The van der Waals surface area contributed by atoms with Gasteiger partial charge in [-0.05, 0) is 13.0 Å². The van der Waals surface area contributed by atoms with E-state index in [2.05, 4.69) is 23.1 Å². The van der Waals surface area contributed by atoms with Crippen LogP contribution in [0.25, 0.3) is 12.7 Å². The van der Waals surface area contributed by atoms with Crippen molar-refractivity contribution in [2.75, 3.05) is 0 Å². The van der Waals surface area contributed by atoms with Crippen molar-refractivity contribution >= 4 is 18.6 Å². The maximum atomic E-state index is 10.4. The summed E-state index contributed by atoms with van der Waals surface area (Å²) in [5.74, 6) is -0.352. The Morgan fingerprint density at radius 1 is 1.69 bits per heavy atom. The summed E-state index contributed by atoms with van der Waals surface area (Å²) < 4.78 is 0. The van der Waals surface area contributed by atoms with Crippen LogP contribution in [0.2, 0.25) is 0 Å². The predicted molar refractivity (Wildman–Crippen MR) is 49.3 cm³/mol. The molecule has 1 rings (SSSR count). The average molecular weight is 178 g/mol. The van der Waals surface area contributed by atoms with Crippen LogP contribution in [0.4, 0.5) is 0 Å². The molecule has 68 valence electrons. The number of aliphatic carboxylic acids is 1. The Labute approximate surface area is 74.9 Å². The van der Waals surface area contributed by atoms with Gasteiger partial charge in [-0.1, -0.05) is 13.2 Å². The third-order valence-corrected chi connectivity index (χ3v) is 1.51. The van der Waals surface area contributed by atoms with Crippen molar-refractivity contribution in [3.63, 3.8) is 0 Å². The van der Waals surface area contributed by atoms with Crippen molar-refractivity contribution in [3.05, 3.63) is 28.7 Å². The number of hydrogen-bond donors (Lipinski definition) is 2. The zero-order valence-corrected chi connectivity index (χ0v) is 7.29. The first-order valence-electron chi connectivity index (χ1n) is 3.66. The summed E-state index contributed by atoms with van der Waals surface area (Å²) in [5, 5.41) is 9.67. The lowest BCUT2D eigenvalue weighted by atomic mass is 10.3. The first-order chi connectivity index (χ1) is 6.00. The first-order valence-corrected chi connectivity index (χ1v) is 3.66. The number of carboxylic acids is 1. The van der Waals surface area contributed by atoms with Crippen LogP contribution in [0.15, 0.2) is 12.2 Å². The number of aryl methyl sites for hydroxylation is 1. The van der Waals surface area contributed by atoms with Crippen molar-refractivity contribution in [1.29, 1.82) is 0 Å². The monoisotopic (exact) mass is 178 g/mol. The number of carboxylic acid groups (broad SMARTS) is 1. The fourth-order valence-electron chi connectivity index (χ4n) is 0.905. The summed E-state index contributed by atoms with van der Waals surface area (Å²) in [7, 11) is 0. The van der Waals surface area contributed by atoms with Gasteiger partial charge >= 0.3 is 5.97 Å². The minimum absolute atomic E-state index is 0.00333. The van der Waals surface area contributed by atoms with E-state index in [1.807, 2.05) is 0 Å². The molecule has 0 saturated heterocycles. The van der Waals surface area contributed by atoms with Gasteiger partial charge in [-0.3, -0.25) is 0 Å². The summed E-state index contributed by atoms with van der Waals surface area (Å²) in [5.41, 5.74) is -0.00333. The number of rotatable bonds is 2. The van der Waals surface area contributed by atoms with Gasteiger partial charge in [0.15, 0.2) is 0 Å². The van der Waals surface area contributed by atoms with Gasteiger partial charge in [0.1, 0.15) is 5.82 Å². The molecular formula is C9H10N2O2. The summed E-state index contributed by atoms with van der Waals surface area (Å²) in [4.78, 5) is 17.3. The van der Waals surface area contributed by atoms with Crippen molar-refractivity contribution in [2.24, 2.45) is 0 Å². The van der Waals surface area contributed by atoms with E-state index in [-0.39, 0.29) is 5.57 Å². The molecule has 0 saturated carbocycles. The van der Waals surface area contributed by atoms with Crippen molar-refractivity contribution in [3.8, 4) is 0 Å². The Hall–Kier alpha value is -1.84. The van der Waals surface area contributed by atoms with E-state index >= 15 is 0 Å². The minimum atomic E-state index is -1.06. The van der Waals surface area contributed by atoms with E-state index in [9.17, 15) is 4.79 Å². The van der Waals surface area contributed by atoms with E-state index in [4.69, 9.17) is 5.11 Å². The summed E-state index contributed by atoms with van der Waals surface area (Å²) in [6.07, 6.45) is 1.38. The molecule has 0 aliphatic carbocycles. The largest absolute Gasteiger partial charge is 0.478 e.